The van der Waals surface area contributed by atoms with Crippen molar-refractivity contribution in [2.45, 2.75) is 39.0 Å². The van der Waals surface area contributed by atoms with Gasteiger partial charge in [-0.3, -0.25) is 4.90 Å². The van der Waals surface area contributed by atoms with Crippen molar-refractivity contribution in [3.63, 3.8) is 0 Å². The van der Waals surface area contributed by atoms with Gasteiger partial charge in [0.05, 0.1) is 12.7 Å². The van der Waals surface area contributed by atoms with Gasteiger partial charge in [0.1, 0.15) is 23.7 Å². The normalized spacial score (nSPS) is 18.8. The number of piperidine rings is 1. The summed E-state index contributed by atoms with van der Waals surface area (Å²) >= 11 is 1.97. The molecule has 5 heterocycles. The van der Waals surface area contributed by atoms with Gasteiger partial charge in [-0.15, -0.1) is 11.3 Å². The quantitative estimate of drug-likeness (QED) is 0.643. The number of nitrogens with zero attached hydrogens (tertiary/aromatic N) is 5. The molecular weight excluding hydrogens is 420 g/mol. The Morgan fingerprint density at radius 2 is 2.03 bits per heavy atom. The van der Waals surface area contributed by atoms with Crippen LogP contribution >= 0.6 is 11.3 Å². The zero-order valence-corrected chi connectivity index (χ0v) is 19.4. The molecule has 6 rings (SSSR count). The summed E-state index contributed by atoms with van der Waals surface area (Å²) in [6, 6.07) is 8.39. The Labute approximate surface area is 193 Å². The molecule has 0 atom stereocenters. The molecule has 7 nitrogen and oxygen atoms in total. The third kappa shape index (κ3) is 3.70. The van der Waals surface area contributed by atoms with Gasteiger partial charge in [0, 0.05) is 31.1 Å². The summed E-state index contributed by atoms with van der Waals surface area (Å²) in [6.07, 6.45) is 5.42. The maximum atomic E-state index is 5.33. The van der Waals surface area contributed by atoms with Gasteiger partial charge >= 0.3 is 0 Å². The van der Waals surface area contributed by atoms with Gasteiger partial charge in [-0.2, -0.15) is 5.10 Å². The highest BCUT2D eigenvalue weighted by Crippen LogP contribution is 2.47. The molecule has 0 spiro atoms. The zero-order valence-electron chi connectivity index (χ0n) is 18.6. The van der Waals surface area contributed by atoms with E-state index in [-0.39, 0.29) is 0 Å². The Morgan fingerprint density at radius 3 is 2.84 bits per heavy atom. The Kier molecular flexibility index (Phi) is 5.37. The Balaban J connectivity index is 1.28. The molecule has 1 fully saturated rings. The number of hydrogen-bond acceptors (Lipinski definition) is 7. The third-order valence-electron chi connectivity index (χ3n) is 7.06. The van der Waals surface area contributed by atoms with Crippen molar-refractivity contribution < 1.29 is 4.74 Å². The second-order valence-electron chi connectivity index (χ2n) is 9.13. The molecule has 1 N–H and O–H groups in total. The average Bonchev–Trinajstić information content (AvgIpc) is 3.44. The van der Waals surface area contributed by atoms with E-state index in [2.05, 4.69) is 42.0 Å². The smallest absolute Gasteiger partial charge is 0.163 e. The Morgan fingerprint density at radius 1 is 1.19 bits per heavy atom. The summed E-state index contributed by atoms with van der Waals surface area (Å²) in [6.45, 7) is 7.39. The molecule has 0 saturated carbocycles. The van der Waals surface area contributed by atoms with Crippen LogP contribution < -0.4 is 15.0 Å². The number of hydrogen-bond donors (Lipinski definition) is 1. The number of fused-ring (bicyclic) bond motifs is 5. The van der Waals surface area contributed by atoms with Crippen molar-refractivity contribution in [1.29, 1.82) is 0 Å². The van der Waals surface area contributed by atoms with Crippen molar-refractivity contribution in [3.05, 3.63) is 46.6 Å². The zero-order chi connectivity index (χ0) is 21.5. The summed E-state index contributed by atoms with van der Waals surface area (Å²) in [5, 5.41) is 9.38. The van der Waals surface area contributed by atoms with Gasteiger partial charge in [0.15, 0.2) is 5.82 Å². The molecule has 0 unspecified atom stereocenters. The number of methoxy groups -OCH3 is 1. The highest BCUT2D eigenvalue weighted by molar-refractivity contribution is 7.17. The lowest BCUT2D eigenvalue weighted by Crippen LogP contribution is -2.38. The summed E-state index contributed by atoms with van der Waals surface area (Å²) < 4.78 is 7.38. The van der Waals surface area contributed by atoms with Crippen LogP contribution in [-0.2, 0) is 26.2 Å². The molecule has 0 bridgehead atoms. The van der Waals surface area contributed by atoms with Crippen molar-refractivity contribution in [2.75, 3.05) is 38.2 Å². The standard InChI is InChI=1S/C24H30N6OS/c1-31-19-4-2-17(3-5-19)13-29-16-30-23(26-15-27-30)22-20-8-11-28(14-21(20)32-24(22)29)12-18-6-9-25-10-7-18/h2-5,15,18,25H,6-14,16H2,1H3. The molecule has 32 heavy (non-hydrogen) atoms. The summed E-state index contributed by atoms with van der Waals surface area (Å²) in [7, 11) is 1.71. The van der Waals surface area contributed by atoms with E-state index in [0.717, 1.165) is 50.2 Å². The minimum absolute atomic E-state index is 0.743. The SMILES string of the molecule is COc1ccc(CN2Cn3ncnc3-c3c2sc2c3CCN(CC3CCNCC3)C2)cc1. The molecule has 2 aromatic heterocycles. The fourth-order valence-electron chi connectivity index (χ4n) is 5.34. The first-order valence-corrected chi connectivity index (χ1v) is 12.4. The number of nitrogens with one attached hydrogen (secondary N) is 1. The van der Waals surface area contributed by atoms with Gasteiger partial charge in [0.2, 0.25) is 0 Å². The number of thiophene rings is 1. The van der Waals surface area contributed by atoms with Gasteiger partial charge < -0.3 is 15.0 Å². The lowest BCUT2D eigenvalue weighted by molar-refractivity contribution is 0.193. The van der Waals surface area contributed by atoms with Crippen LogP contribution in [0.25, 0.3) is 11.4 Å². The topological polar surface area (TPSA) is 58.5 Å². The van der Waals surface area contributed by atoms with Crippen molar-refractivity contribution in [3.8, 4) is 17.1 Å². The number of rotatable bonds is 5. The van der Waals surface area contributed by atoms with Gasteiger partial charge in [-0.25, -0.2) is 9.67 Å². The fraction of sp³-hybridized carbons (Fsp3) is 0.500. The Hall–Kier alpha value is -2.42. The fourth-order valence-corrected chi connectivity index (χ4v) is 6.72. The van der Waals surface area contributed by atoms with Crippen molar-refractivity contribution in [1.82, 2.24) is 25.0 Å². The molecule has 1 aromatic carbocycles. The molecule has 0 aliphatic carbocycles. The highest BCUT2D eigenvalue weighted by Gasteiger charge is 2.33. The monoisotopic (exact) mass is 450 g/mol. The van der Waals surface area contributed by atoms with Crippen LogP contribution in [-0.4, -0.2) is 53.0 Å². The van der Waals surface area contributed by atoms with E-state index in [1.807, 2.05) is 23.5 Å². The van der Waals surface area contributed by atoms with E-state index >= 15 is 0 Å². The summed E-state index contributed by atoms with van der Waals surface area (Å²) in [4.78, 5) is 11.3. The predicted octanol–water partition coefficient (Wildman–Crippen LogP) is 3.35. The van der Waals surface area contributed by atoms with Crippen LogP contribution in [0.4, 0.5) is 5.00 Å². The molecule has 3 aliphatic heterocycles. The van der Waals surface area contributed by atoms with E-state index in [1.165, 1.54) is 59.0 Å². The van der Waals surface area contributed by atoms with Crippen molar-refractivity contribution >= 4 is 16.3 Å². The number of anilines is 1. The largest absolute Gasteiger partial charge is 0.497 e. The lowest BCUT2D eigenvalue weighted by atomic mass is 9.95. The minimum Gasteiger partial charge on any atom is -0.497 e. The van der Waals surface area contributed by atoms with Gasteiger partial charge in [0.25, 0.3) is 0 Å². The number of aromatic nitrogens is 3. The van der Waals surface area contributed by atoms with E-state index < -0.39 is 0 Å². The van der Waals surface area contributed by atoms with E-state index in [4.69, 9.17) is 4.74 Å². The Bertz CT molecular complexity index is 1080. The molecule has 8 heteroatoms. The second-order valence-corrected chi connectivity index (χ2v) is 10.2. The second kappa shape index (κ2) is 8.50. The average molecular weight is 451 g/mol. The van der Waals surface area contributed by atoms with Crippen LogP contribution in [0.1, 0.15) is 28.8 Å². The highest BCUT2D eigenvalue weighted by atomic mass is 32.1. The summed E-state index contributed by atoms with van der Waals surface area (Å²) in [5.41, 5.74) is 4.10. The molecule has 1 saturated heterocycles. The van der Waals surface area contributed by atoms with Gasteiger partial charge in [-0.05, 0) is 61.5 Å². The van der Waals surface area contributed by atoms with E-state index in [0.29, 0.717) is 0 Å². The maximum Gasteiger partial charge on any atom is 0.163 e. The maximum absolute atomic E-state index is 5.33. The molecule has 3 aromatic rings. The molecular formula is C24H30N6OS. The van der Waals surface area contributed by atoms with Crippen LogP contribution in [0.2, 0.25) is 0 Å². The number of benzene rings is 1. The van der Waals surface area contributed by atoms with Crippen molar-refractivity contribution in [2.24, 2.45) is 5.92 Å². The van der Waals surface area contributed by atoms with E-state index in [1.54, 1.807) is 13.4 Å². The van der Waals surface area contributed by atoms with Crippen LogP contribution in [0.3, 0.4) is 0 Å². The van der Waals surface area contributed by atoms with Crippen LogP contribution in [0.15, 0.2) is 30.6 Å². The first-order chi connectivity index (χ1) is 15.8. The van der Waals surface area contributed by atoms with Gasteiger partial charge in [-0.1, -0.05) is 12.1 Å². The number of ether oxygens (including phenoxy) is 1. The molecule has 0 radical (unpaired) electrons. The summed E-state index contributed by atoms with van der Waals surface area (Å²) in [5.74, 6) is 2.77. The first kappa shape index (κ1) is 20.2. The minimum atomic E-state index is 0.743. The first-order valence-electron chi connectivity index (χ1n) is 11.6. The predicted molar refractivity (Wildman–Crippen MR) is 127 cm³/mol. The lowest BCUT2D eigenvalue weighted by Gasteiger charge is -2.32. The van der Waals surface area contributed by atoms with Crippen LogP contribution in [0, 0.1) is 5.92 Å². The van der Waals surface area contributed by atoms with Crippen LogP contribution in [0.5, 0.6) is 5.75 Å². The van der Waals surface area contributed by atoms with E-state index in [9.17, 15) is 0 Å². The molecule has 168 valence electrons. The molecule has 3 aliphatic rings. The molecule has 0 amide bonds. The third-order valence-corrected chi connectivity index (χ3v) is 8.33.